The number of para-hydroxylation sites is 1. The van der Waals surface area contributed by atoms with Crippen molar-refractivity contribution in [2.45, 2.75) is 51.2 Å². The molecule has 0 spiro atoms. The fraction of sp³-hybridized carbons (Fsp3) is 0.400. The van der Waals surface area contributed by atoms with Crippen LogP contribution in [0.3, 0.4) is 0 Å². The first-order valence-electron chi connectivity index (χ1n) is 12.1. The molecule has 37 heavy (non-hydrogen) atoms. The van der Waals surface area contributed by atoms with E-state index in [1.807, 2.05) is 38.1 Å². The van der Waals surface area contributed by atoms with Crippen molar-refractivity contribution < 1.29 is 24.3 Å². The number of nitrogens with one attached hydrogen (secondary N) is 5. The molecule has 3 aromatic rings. The molecule has 2 heterocycles. The summed E-state index contributed by atoms with van der Waals surface area (Å²) in [6.07, 6.45) is 5.43. The molecule has 3 rings (SSSR count). The van der Waals surface area contributed by atoms with Crippen molar-refractivity contribution in [2.24, 2.45) is 11.7 Å². The van der Waals surface area contributed by atoms with Crippen LogP contribution in [0, 0.1) is 5.92 Å². The fourth-order valence-corrected chi connectivity index (χ4v) is 3.86. The van der Waals surface area contributed by atoms with Crippen molar-refractivity contribution in [1.82, 2.24) is 30.9 Å². The second kappa shape index (κ2) is 12.7. The molecule has 0 saturated carbocycles. The Morgan fingerprint density at radius 1 is 1.05 bits per heavy atom. The lowest BCUT2D eigenvalue weighted by Crippen LogP contribution is -2.55. The number of carbonyl (C=O) groups is 4. The van der Waals surface area contributed by atoms with Gasteiger partial charge in [0.25, 0.3) is 0 Å². The number of carboxylic acid groups (broad SMARTS) is 1. The molecule has 4 unspecified atom stereocenters. The normalized spacial score (nSPS) is 14.4. The summed E-state index contributed by atoms with van der Waals surface area (Å²) in [5.41, 5.74) is 8.04. The molecule has 0 saturated heterocycles. The Labute approximate surface area is 213 Å². The molecule has 0 aliphatic heterocycles. The predicted molar refractivity (Wildman–Crippen MR) is 136 cm³/mol. The number of nitrogens with zero attached hydrogens (tertiary/aromatic N) is 1. The Morgan fingerprint density at radius 2 is 1.81 bits per heavy atom. The van der Waals surface area contributed by atoms with Crippen LogP contribution in [-0.4, -0.2) is 68.4 Å². The molecule has 12 nitrogen and oxygen atoms in total. The molecule has 8 N–H and O–H groups in total. The Bertz CT molecular complexity index is 1220. The lowest BCUT2D eigenvalue weighted by atomic mass is 9.99. The van der Waals surface area contributed by atoms with E-state index < -0.39 is 41.8 Å². The zero-order valence-corrected chi connectivity index (χ0v) is 20.8. The summed E-state index contributed by atoms with van der Waals surface area (Å²) in [5.74, 6) is -3.04. The van der Waals surface area contributed by atoms with Gasteiger partial charge in [-0.2, -0.15) is 0 Å². The van der Waals surface area contributed by atoms with Crippen LogP contribution in [0.2, 0.25) is 0 Å². The largest absolute Gasteiger partial charge is 0.480 e. The molecule has 0 fully saturated rings. The average molecular weight is 512 g/mol. The molecule has 0 bridgehead atoms. The van der Waals surface area contributed by atoms with Gasteiger partial charge in [0.1, 0.15) is 12.1 Å². The number of aromatic nitrogens is 3. The molecule has 4 atom stereocenters. The van der Waals surface area contributed by atoms with Crippen molar-refractivity contribution in [2.75, 3.05) is 6.54 Å². The number of H-pyrrole nitrogens is 2. The highest BCUT2D eigenvalue weighted by atomic mass is 16.4. The third-order valence-corrected chi connectivity index (χ3v) is 6.33. The van der Waals surface area contributed by atoms with Gasteiger partial charge in [-0.1, -0.05) is 38.5 Å². The molecule has 2 aromatic heterocycles. The van der Waals surface area contributed by atoms with Crippen LogP contribution in [0.1, 0.15) is 31.5 Å². The maximum atomic E-state index is 13.1. The highest BCUT2D eigenvalue weighted by Crippen LogP contribution is 2.19. The van der Waals surface area contributed by atoms with Crippen LogP contribution in [0.25, 0.3) is 10.9 Å². The van der Waals surface area contributed by atoms with E-state index >= 15 is 0 Å². The molecule has 198 valence electrons. The zero-order valence-electron chi connectivity index (χ0n) is 20.8. The number of hydrogen-bond donors (Lipinski definition) is 7. The molecule has 3 amide bonds. The van der Waals surface area contributed by atoms with Gasteiger partial charge < -0.3 is 36.8 Å². The van der Waals surface area contributed by atoms with Gasteiger partial charge >= 0.3 is 5.97 Å². The van der Waals surface area contributed by atoms with Crippen molar-refractivity contribution in [3.05, 3.63) is 54.2 Å². The molecule has 0 aliphatic rings. The highest BCUT2D eigenvalue weighted by molar-refractivity contribution is 5.93. The van der Waals surface area contributed by atoms with Gasteiger partial charge in [0, 0.05) is 41.8 Å². The van der Waals surface area contributed by atoms with Crippen LogP contribution < -0.4 is 21.7 Å². The van der Waals surface area contributed by atoms with E-state index in [4.69, 9.17) is 5.73 Å². The highest BCUT2D eigenvalue weighted by Gasteiger charge is 2.28. The summed E-state index contributed by atoms with van der Waals surface area (Å²) in [5, 5.41) is 18.2. The number of imidazole rings is 1. The number of rotatable bonds is 13. The number of carbonyl (C=O) groups excluding carboxylic acids is 3. The van der Waals surface area contributed by atoms with Gasteiger partial charge in [-0.15, -0.1) is 0 Å². The molecule has 1 aromatic carbocycles. The average Bonchev–Trinajstić information content (AvgIpc) is 3.55. The smallest absolute Gasteiger partial charge is 0.326 e. The van der Waals surface area contributed by atoms with Gasteiger partial charge in [-0.05, 0) is 17.5 Å². The number of aromatic amines is 2. The van der Waals surface area contributed by atoms with E-state index in [1.54, 1.807) is 6.20 Å². The quantitative estimate of drug-likeness (QED) is 0.170. The van der Waals surface area contributed by atoms with E-state index in [1.165, 1.54) is 12.5 Å². The molecule has 0 radical (unpaired) electrons. The van der Waals surface area contributed by atoms with Gasteiger partial charge in [0.15, 0.2) is 0 Å². The zero-order chi connectivity index (χ0) is 26.9. The minimum atomic E-state index is -1.24. The SMILES string of the molecule is CCC(C)C(N)C(=O)NCC(=O)NC(Cc1cnc[nH]1)C(=O)NC(Cc1c[nH]c2ccccc12)C(=O)O. The topological polar surface area (TPSA) is 195 Å². The summed E-state index contributed by atoms with van der Waals surface area (Å²) < 4.78 is 0. The Kier molecular flexibility index (Phi) is 9.39. The van der Waals surface area contributed by atoms with Gasteiger partial charge in [0.2, 0.25) is 17.7 Å². The number of nitrogens with two attached hydrogens (primary N) is 1. The number of fused-ring (bicyclic) bond motifs is 1. The van der Waals surface area contributed by atoms with Crippen LogP contribution in [0.4, 0.5) is 0 Å². The predicted octanol–water partition coefficient (Wildman–Crippen LogP) is 0.220. The number of aliphatic carboxylic acids is 1. The maximum Gasteiger partial charge on any atom is 0.326 e. The summed E-state index contributed by atoms with van der Waals surface area (Å²) in [6, 6.07) is 4.34. The first kappa shape index (κ1) is 27.4. The Hall–Kier alpha value is -4.19. The first-order valence-corrected chi connectivity index (χ1v) is 12.1. The Morgan fingerprint density at radius 3 is 2.49 bits per heavy atom. The number of carboxylic acids is 1. The standard InChI is InChI=1S/C25H33N7O5/c1-3-14(2)22(26)24(35)29-12-21(33)31-19(9-16-11-27-13-30-16)23(34)32-20(25(36)37)8-15-10-28-18-7-5-4-6-17(15)18/h4-7,10-11,13-14,19-20,22,28H,3,8-9,12,26H2,1-2H3,(H,27,30)(H,29,35)(H,31,33)(H,32,34)(H,36,37). The van der Waals surface area contributed by atoms with Crippen molar-refractivity contribution in [3.8, 4) is 0 Å². The first-order chi connectivity index (χ1) is 17.7. The minimum absolute atomic E-state index is 0.0390. The number of benzene rings is 1. The van der Waals surface area contributed by atoms with Crippen molar-refractivity contribution in [3.63, 3.8) is 0 Å². The van der Waals surface area contributed by atoms with E-state index in [9.17, 15) is 24.3 Å². The molecule has 0 aliphatic carbocycles. The number of amides is 3. The van der Waals surface area contributed by atoms with Crippen LogP contribution in [0.5, 0.6) is 0 Å². The second-order valence-electron chi connectivity index (χ2n) is 8.99. The lowest BCUT2D eigenvalue weighted by Gasteiger charge is -2.22. The van der Waals surface area contributed by atoms with Gasteiger partial charge in [-0.25, -0.2) is 9.78 Å². The van der Waals surface area contributed by atoms with Crippen LogP contribution >= 0.6 is 0 Å². The van der Waals surface area contributed by atoms with E-state index in [2.05, 4.69) is 30.9 Å². The second-order valence-corrected chi connectivity index (χ2v) is 8.99. The molecule has 12 heteroatoms. The summed E-state index contributed by atoms with van der Waals surface area (Å²) in [7, 11) is 0. The number of hydrogen-bond acceptors (Lipinski definition) is 6. The van der Waals surface area contributed by atoms with Crippen LogP contribution in [-0.2, 0) is 32.0 Å². The minimum Gasteiger partial charge on any atom is -0.480 e. The van der Waals surface area contributed by atoms with E-state index in [0.717, 1.165) is 16.5 Å². The summed E-state index contributed by atoms with van der Waals surface area (Å²) in [4.78, 5) is 59.8. The van der Waals surface area contributed by atoms with Crippen molar-refractivity contribution in [1.29, 1.82) is 0 Å². The van der Waals surface area contributed by atoms with Crippen molar-refractivity contribution >= 4 is 34.6 Å². The lowest BCUT2D eigenvalue weighted by molar-refractivity contribution is -0.142. The summed E-state index contributed by atoms with van der Waals surface area (Å²) >= 11 is 0. The molecular formula is C25H33N7O5. The summed E-state index contributed by atoms with van der Waals surface area (Å²) in [6.45, 7) is 3.36. The van der Waals surface area contributed by atoms with E-state index in [0.29, 0.717) is 12.1 Å². The monoisotopic (exact) mass is 511 g/mol. The third kappa shape index (κ3) is 7.40. The third-order valence-electron chi connectivity index (χ3n) is 6.33. The molecular weight excluding hydrogens is 478 g/mol. The van der Waals surface area contributed by atoms with Gasteiger partial charge in [0.05, 0.1) is 18.9 Å². The Balaban J connectivity index is 1.67. The maximum absolute atomic E-state index is 13.1. The fourth-order valence-electron chi connectivity index (χ4n) is 3.86. The van der Waals surface area contributed by atoms with Gasteiger partial charge in [-0.3, -0.25) is 14.4 Å². The van der Waals surface area contributed by atoms with E-state index in [-0.39, 0.29) is 25.3 Å². The van der Waals surface area contributed by atoms with Crippen LogP contribution in [0.15, 0.2) is 43.0 Å².